The Hall–Kier alpha value is -1.94. The fourth-order valence-electron chi connectivity index (χ4n) is 1.84. The van der Waals surface area contributed by atoms with Crippen LogP contribution in [0.3, 0.4) is 0 Å². The Balaban J connectivity index is 3.33. The molecule has 0 unspecified atom stereocenters. The summed E-state index contributed by atoms with van der Waals surface area (Å²) in [6.07, 6.45) is -3.30. The number of nitro groups is 1. The first-order valence-electron chi connectivity index (χ1n) is 7.52. The van der Waals surface area contributed by atoms with Crippen LogP contribution in [0.2, 0.25) is 0 Å². The number of nitrogens with zero attached hydrogens (tertiary/aromatic N) is 1. The van der Waals surface area contributed by atoms with Crippen molar-refractivity contribution >= 4 is 17.1 Å². The summed E-state index contributed by atoms with van der Waals surface area (Å²) in [7, 11) is -0.732. The normalized spacial score (nSPS) is 16.3. The zero-order valence-electron chi connectivity index (χ0n) is 14.8. The molecule has 0 saturated carbocycles. The maximum absolute atomic E-state index is 13.7. The smallest absolute Gasteiger partial charge is 0.417 e. The van der Waals surface area contributed by atoms with Crippen molar-refractivity contribution in [3.05, 3.63) is 46.0 Å². The van der Waals surface area contributed by atoms with Crippen LogP contribution in [0.25, 0.3) is 6.08 Å². The van der Waals surface area contributed by atoms with Gasteiger partial charge in [-0.25, -0.2) is 8.93 Å². The van der Waals surface area contributed by atoms with E-state index in [4.69, 9.17) is 4.74 Å². The number of hydrogen-bond acceptors (Lipinski definition) is 4. The van der Waals surface area contributed by atoms with E-state index >= 15 is 0 Å². The number of rotatable bonds is 7. The zero-order chi connectivity index (χ0) is 20.2. The Bertz CT molecular complexity index is 684. The standard InChI is InChI=1S/C16H21F3N2O4S/c1-14(2,3)26(24)20-15(11-21(22)23,16(17,18)19)10-9-12-5-7-13(25-4)8-6-12/h5-10,20H,11H2,1-4H3/b10-9+/t15-,26+/m0/s1. The summed E-state index contributed by atoms with van der Waals surface area (Å²) in [4.78, 5) is 9.82. The highest BCUT2D eigenvalue weighted by molar-refractivity contribution is 7.84. The molecule has 26 heavy (non-hydrogen) atoms. The van der Waals surface area contributed by atoms with E-state index in [0.717, 1.165) is 6.08 Å². The van der Waals surface area contributed by atoms with Gasteiger partial charge in [-0.2, -0.15) is 13.2 Å². The fourth-order valence-corrected chi connectivity index (χ4v) is 2.72. The monoisotopic (exact) mass is 394 g/mol. The molecule has 0 radical (unpaired) electrons. The summed E-state index contributed by atoms with van der Waals surface area (Å²) in [5.41, 5.74) is -2.69. The highest BCUT2D eigenvalue weighted by Gasteiger charge is 2.58. The molecule has 1 aromatic rings. The third-order valence-corrected chi connectivity index (χ3v) is 5.05. The average molecular weight is 394 g/mol. The Kier molecular flexibility index (Phi) is 6.95. The molecule has 1 rings (SSSR count). The Morgan fingerprint density at radius 1 is 1.23 bits per heavy atom. The molecule has 0 heterocycles. The zero-order valence-corrected chi connectivity index (χ0v) is 15.6. The maximum Gasteiger partial charge on any atom is 0.417 e. The molecule has 0 aliphatic heterocycles. The molecule has 0 aromatic heterocycles. The minimum absolute atomic E-state index is 0.381. The van der Waals surface area contributed by atoms with Gasteiger partial charge >= 0.3 is 6.18 Å². The third-order valence-electron chi connectivity index (χ3n) is 3.39. The number of methoxy groups -OCH3 is 1. The molecular formula is C16H21F3N2O4S. The Labute approximate surface area is 152 Å². The first-order chi connectivity index (χ1) is 11.8. The summed E-state index contributed by atoms with van der Waals surface area (Å²) < 4.78 is 59.3. The van der Waals surface area contributed by atoms with Crippen LogP contribution in [0.15, 0.2) is 30.3 Å². The summed E-state index contributed by atoms with van der Waals surface area (Å²) in [5, 5.41) is 10.9. The SMILES string of the molecule is COc1ccc(/C=C/[C@@](C[N+](=O)[O-])(N[S@](=O)C(C)(C)C)C(F)(F)F)cc1. The van der Waals surface area contributed by atoms with E-state index in [1.165, 1.54) is 40.0 Å². The van der Waals surface area contributed by atoms with Gasteiger partial charge in [0, 0.05) is 4.92 Å². The predicted molar refractivity (Wildman–Crippen MR) is 93.7 cm³/mol. The largest absolute Gasteiger partial charge is 0.497 e. The van der Waals surface area contributed by atoms with Gasteiger partial charge in [0.15, 0.2) is 0 Å². The van der Waals surface area contributed by atoms with Gasteiger partial charge in [0.1, 0.15) is 5.75 Å². The number of alkyl halides is 3. The highest BCUT2D eigenvalue weighted by atomic mass is 32.2. The lowest BCUT2D eigenvalue weighted by Gasteiger charge is -2.32. The van der Waals surface area contributed by atoms with E-state index in [1.807, 2.05) is 4.72 Å². The van der Waals surface area contributed by atoms with E-state index in [-0.39, 0.29) is 0 Å². The van der Waals surface area contributed by atoms with Gasteiger partial charge in [-0.15, -0.1) is 0 Å². The van der Waals surface area contributed by atoms with Gasteiger partial charge in [0.05, 0.1) is 22.8 Å². The molecule has 146 valence electrons. The minimum Gasteiger partial charge on any atom is -0.497 e. The molecule has 1 aromatic carbocycles. The van der Waals surface area contributed by atoms with Crippen molar-refractivity contribution in [2.75, 3.05) is 13.7 Å². The van der Waals surface area contributed by atoms with E-state index in [1.54, 1.807) is 12.1 Å². The number of ether oxygens (including phenoxy) is 1. The number of hydrogen-bond donors (Lipinski definition) is 1. The summed E-state index contributed by atoms with van der Waals surface area (Å²) >= 11 is 0. The summed E-state index contributed by atoms with van der Waals surface area (Å²) in [6, 6.07) is 6.10. The molecule has 0 spiro atoms. The Morgan fingerprint density at radius 2 is 1.77 bits per heavy atom. The van der Waals surface area contributed by atoms with Crippen molar-refractivity contribution in [3.63, 3.8) is 0 Å². The van der Waals surface area contributed by atoms with Crippen molar-refractivity contribution in [3.8, 4) is 5.75 Å². The molecule has 0 fully saturated rings. The van der Waals surface area contributed by atoms with Crippen molar-refractivity contribution < 1.29 is 27.0 Å². The topological polar surface area (TPSA) is 81.5 Å². The van der Waals surface area contributed by atoms with Crippen LogP contribution in [0.1, 0.15) is 26.3 Å². The lowest BCUT2D eigenvalue weighted by molar-refractivity contribution is -0.497. The van der Waals surface area contributed by atoms with Crippen LogP contribution in [-0.2, 0) is 11.0 Å². The van der Waals surface area contributed by atoms with E-state index < -0.39 is 38.9 Å². The van der Waals surface area contributed by atoms with Crippen LogP contribution in [0, 0.1) is 10.1 Å². The van der Waals surface area contributed by atoms with Crippen LogP contribution in [0.4, 0.5) is 13.2 Å². The molecule has 0 saturated heterocycles. The molecule has 6 nitrogen and oxygen atoms in total. The van der Waals surface area contributed by atoms with Crippen molar-refractivity contribution in [2.24, 2.45) is 0 Å². The highest BCUT2D eigenvalue weighted by Crippen LogP contribution is 2.34. The van der Waals surface area contributed by atoms with Gasteiger partial charge in [0.2, 0.25) is 12.1 Å². The van der Waals surface area contributed by atoms with Gasteiger partial charge in [-0.05, 0) is 44.5 Å². The second kappa shape index (κ2) is 8.17. The van der Waals surface area contributed by atoms with E-state index in [2.05, 4.69) is 0 Å². The molecule has 10 heteroatoms. The maximum atomic E-state index is 13.7. The predicted octanol–water partition coefficient (Wildman–Crippen LogP) is 3.34. The molecule has 1 N–H and O–H groups in total. The fraction of sp³-hybridized carbons (Fsp3) is 0.500. The summed E-state index contributed by atoms with van der Waals surface area (Å²) in [6.45, 7) is 2.91. The molecule has 0 aliphatic carbocycles. The molecule has 0 bridgehead atoms. The molecule has 0 amide bonds. The number of nitrogens with one attached hydrogen (secondary N) is 1. The first-order valence-corrected chi connectivity index (χ1v) is 8.67. The number of halogens is 3. The van der Waals surface area contributed by atoms with Gasteiger partial charge in [0.25, 0.3) is 0 Å². The van der Waals surface area contributed by atoms with Crippen LogP contribution in [0.5, 0.6) is 5.75 Å². The molecular weight excluding hydrogens is 373 g/mol. The molecule has 0 aliphatic rings. The lowest BCUT2D eigenvalue weighted by atomic mass is 9.98. The van der Waals surface area contributed by atoms with Crippen LogP contribution >= 0.6 is 0 Å². The molecule has 2 atom stereocenters. The van der Waals surface area contributed by atoms with Crippen molar-refractivity contribution in [1.82, 2.24) is 4.72 Å². The second-order valence-corrected chi connectivity index (χ2v) is 8.52. The van der Waals surface area contributed by atoms with Crippen LogP contribution < -0.4 is 9.46 Å². The quantitative estimate of drug-likeness (QED) is 0.568. The van der Waals surface area contributed by atoms with Crippen molar-refractivity contribution in [2.45, 2.75) is 37.2 Å². The average Bonchev–Trinajstić information content (AvgIpc) is 2.50. The lowest BCUT2D eigenvalue weighted by Crippen LogP contribution is -2.61. The van der Waals surface area contributed by atoms with Gasteiger partial charge in [-0.3, -0.25) is 10.1 Å². The van der Waals surface area contributed by atoms with Crippen molar-refractivity contribution in [1.29, 1.82) is 0 Å². The minimum atomic E-state index is -5.04. The number of benzene rings is 1. The van der Waals surface area contributed by atoms with Crippen LogP contribution in [-0.4, -0.2) is 39.2 Å². The Morgan fingerprint density at radius 3 is 2.15 bits per heavy atom. The first kappa shape index (κ1) is 22.1. The van der Waals surface area contributed by atoms with E-state index in [9.17, 15) is 27.5 Å². The van der Waals surface area contributed by atoms with Gasteiger partial charge < -0.3 is 4.74 Å². The van der Waals surface area contributed by atoms with E-state index in [0.29, 0.717) is 17.4 Å². The van der Waals surface area contributed by atoms with Gasteiger partial charge in [-0.1, -0.05) is 18.2 Å². The summed E-state index contributed by atoms with van der Waals surface area (Å²) in [5.74, 6) is 0.515. The second-order valence-electron chi connectivity index (χ2n) is 6.55. The third kappa shape index (κ3) is 5.80.